The molecule has 0 aromatic heterocycles. The number of methoxy groups -OCH3 is 2. The van der Waals surface area contributed by atoms with Crippen LogP contribution in [0.3, 0.4) is 0 Å². The summed E-state index contributed by atoms with van der Waals surface area (Å²) in [6.45, 7) is 4.06. The largest absolute Gasteiger partial charge is 0.497 e. The number of carbonyl (C=O) groups excluding carboxylic acids is 1. The van der Waals surface area contributed by atoms with Crippen LogP contribution in [-0.2, 0) is 0 Å². The number of hydrogen-bond donors (Lipinski definition) is 0. The molecular weight excluding hydrogens is 276 g/mol. The molecule has 0 unspecified atom stereocenters. The maximum atomic E-state index is 12.6. The third kappa shape index (κ3) is 2.17. The predicted molar refractivity (Wildman–Crippen MR) is 86.1 cm³/mol. The molecule has 3 nitrogen and oxygen atoms in total. The molecule has 0 radical (unpaired) electrons. The standard InChI is InChI=1S/C19H20O3/c1-11-6-5-7-16-17(11)18(12(2)19(16)20)13-8-14(21-3)10-15(9-13)22-4/h5-10,12,18H,1-4H3/t12-,18+/m1/s1. The van der Waals surface area contributed by atoms with E-state index in [4.69, 9.17) is 9.47 Å². The Labute approximate surface area is 130 Å². The molecule has 0 fully saturated rings. The topological polar surface area (TPSA) is 35.5 Å². The van der Waals surface area contributed by atoms with Crippen LogP contribution in [0, 0.1) is 12.8 Å². The number of ketones is 1. The van der Waals surface area contributed by atoms with Gasteiger partial charge in [-0.2, -0.15) is 0 Å². The lowest BCUT2D eigenvalue weighted by Gasteiger charge is -2.19. The summed E-state index contributed by atoms with van der Waals surface area (Å²) in [7, 11) is 3.28. The van der Waals surface area contributed by atoms with E-state index >= 15 is 0 Å². The van der Waals surface area contributed by atoms with Crippen LogP contribution in [0.1, 0.15) is 39.9 Å². The third-order valence-electron chi connectivity index (χ3n) is 4.55. The van der Waals surface area contributed by atoms with Crippen LogP contribution >= 0.6 is 0 Å². The van der Waals surface area contributed by atoms with Crippen molar-refractivity contribution in [1.29, 1.82) is 0 Å². The molecule has 2 aromatic rings. The summed E-state index contributed by atoms with van der Waals surface area (Å²) in [5, 5.41) is 0. The first-order chi connectivity index (χ1) is 10.6. The van der Waals surface area contributed by atoms with Crippen LogP contribution in [0.4, 0.5) is 0 Å². The number of fused-ring (bicyclic) bond motifs is 1. The zero-order valence-corrected chi connectivity index (χ0v) is 13.3. The molecule has 1 aliphatic rings. The van der Waals surface area contributed by atoms with Gasteiger partial charge in [-0.05, 0) is 35.7 Å². The number of Topliss-reactive ketones (excluding diaryl/α,β-unsaturated/α-hetero) is 1. The smallest absolute Gasteiger partial charge is 0.166 e. The van der Waals surface area contributed by atoms with Gasteiger partial charge in [0.25, 0.3) is 0 Å². The average molecular weight is 296 g/mol. The van der Waals surface area contributed by atoms with Crippen LogP contribution in [0.15, 0.2) is 36.4 Å². The van der Waals surface area contributed by atoms with E-state index in [-0.39, 0.29) is 17.6 Å². The van der Waals surface area contributed by atoms with Gasteiger partial charge in [0, 0.05) is 23.5 Å². The Balaban J connectivity index is 2.19. The Kier molecular flexibility index (Phi) is 3.65. The normalized spacial score (nSPS) is 19.9. The fourth-order valence-electron chi connectivity index (χ4n) is 3.42. The van der Waals surface area contributed by atoms with Crippen molar-refractivity contribution in [2.45, 2.75) is 19.8 Å². The Hall–Kier alpha value is -2.29. The van der Waals surface area contributed by atoms with E-state index in [1.54, 1.807) is 14.2 Å². The Bertz CT molecular complexity index is 711. The van der Waals surface area contributed by atoms with Gasteiger partial charge >= 0.3 is 0 Å². The second kappa shape index (κ2) is 5.48. The first-order valence-electron chi connectivity index (χ1n) is 7.43. The maximum Gasteiger partial charge on any atom is 0.166 e. The molecule has 3 rings (SSSR count). The van der Waals surface area contributed by atoms with Crippen molar-refractivity contribution in [2.75, 3.05) is 14.2 Å². The maximum absolute atomic E-state index is 12.6. The molecule has 0 aliphatic heterocycles. The Morgan fingerprint density at radius 3 is 2.23 bits per heavy atom. The van der Waals surface area contributed by atoms with Crippen LogP contribution in [-0.4, -0.2) is 20.0 Å². The second-order valence-electron chi connectivity index (χ2n) is 5.81. The van der Waals surface area contributed by atoms with Gasteiger partial charge in [0.1, 0.15) is 11.5 Å². The van der Waals surface area contributed by atoms with Gasteiger partial charge in [-0.25, -0.2) is 0 Å². The molecule has 0 saturated carbocycles. The average Bonchev–Trinajstić information content (AvgIpc) is 2.80. The molecule has 0 amide bonds. The van der Waals surface area contributed by atoms with Crippen molar-refractivity contribution >= 4 is 5.78 Å². The third-order valence-corrected chi connectivity index (χ3v) is 4.55. The lowest BCUT2D eigenvalue weighted by atomic mass is 9.85. The molecule has 0 N–H and O–H groups in total. The van der Waals surface area contributed by atoms with Gasteiger partial charge in [0.2, 0.25) is 0 Å². The first-order valence-corrected chi connectivity index (χ1v) is 7.43. The molecule has 22 heavy (non-hydrogen) atoms. The zero-order valence-electron chi connectivity index (χ0n) is 13.3. The number of carbonyl (C=O) groups is 1. The summed E-state index contributed by atoms with van der Waals surface area (Å²) in [6, 6.07) is 11.8. The van der Waals surface area contributed by atoms with Crippen LogP contribution in [0.5, 0.6) is 11.5 Å². The van der Waals surface area contributed by atoms with Crippen molar-refractivity contribution in [2.24, 2.45) is 5.92 Å². The van der Waals surface area contributed by atoms with E-state index in [1.165, 1.54) is 0 Å². The highest BCUT2D eigenvalue weighted by Gasteiger charge is 2.38. The van der Waals surface area contributed by atoms with Crippen molar-refractivity contribution in [3.63, 3.8) is 0 Å². The minimum absolute atomic E-state index is 0.0488. The van der Waals surface area contributed by atoms with Crippen LogP contribution in [0.2, 0.25) is 0 Å². The predicted octanol–water partition coefficient (Wildman–Crippen LogP) is 3.98. The first kappa shape index (κ1) is 14.6. The number of ether oxygens (including phenoxy) is 2. The van der Waals surface area contributed by atoms with E-state index in [0.29, 0.717) is 0 Å². The highest BCUT2D eigenvalue weighted by atomic mass is 16.5. The summed E-state index contributed by atoms with van der Waals surface area (Å²) >= 11 is 0. The van der Waals surface area contributed by atoms with Crippen molar-refractivity contribution in [1.82, 2.24) is 0 Å². The minimum Gasteiger partial charge on any atom is -0.497 e. The van der Waals surface area contributed by atoms with Crippen molar-refractivity contribution in [3.05, 3.63) is 58.7 Å². The number of aryl methyl sites for hydroxylation is 1. The van der Waals surface area contributed by atoms with E-state index < -0.39 is 0 Å². The van der Waals surface area contributed by atoms with Gasteiger partial charge in [-0.1, -0.05) is 25.1 Å². The molecule has 2 atom stereocenters. The number of hydrogen-bond acceptors (Lipinski definition) is 3. The molecule has 2 aromatic carbocycles. The van der Waals surface area contributed by atoms with Gasteiger partial charge in [0.15, 0.2) is 5.78 Å². The monoisotopic (exact) mass is 296 g/mol. The number of benzene rings is 2. The quantitative estimate of drug-likeness (QED) is 0.859. The lowest BCUT2D eigenvalue weighted by molar-refractivity contribution is 0.0939. The molecule has 1 aliphatic carbocycles. The Morgan fingerprint density at radius 1 is 1.00 bits per heavy atom. The van der Waals surface area contributed by atoms with Gasteiger partial charge in [-0.15, -0.1) is 0 Å². The van der Waals surface area contributed by atoms with E-state index in [0.717, 1.165) is 33.8 Å². The minimum atomic E-state index is -0.0760. The van der Waals surface area contributed by atoms with Gasteiger partial charge < -0.3 is 9.47 Å². The lowest BCUT2D eigenvalue weighted by Crippen LogP contribution is -2.11. The molecule has 0 spiro atoms. The molecule has 3 heteroatoms. The summed E-state index contributed by atoms with van der Waals surface area (Å²) in [5.41, 5.74) is 4.20. The second-order valence-corrected chi connectivity index (χ2v) is 5.81. The van der Waals surface area contributed by atoms with Crippen molar-refractivity contribution < 1.29 is 14.3 Å². The molecular formula is C19H20O3. The number of rotatable bonds is 3. The highest BCUT2D eigenvalue weighted by Crippen LogP contribution is 2.45. The van der Waals surface area contributed by atoms with Crippen LogP contribution in [0.25, 0.3) is 0 Å². The fourth-order valence-corrected chi connectivity index (χ4v) is 3.42. The van der Waals surface area contributed by atoms with E-state index in [1.807, 2.05) is 37.3 Å². The molecule has 0 saturated heterocycles. The summed E-state index contributed by atoms with van der Waals surface area (Å²) in [5.74, 6) is 1.68. The fraction of sp³-hybridized carbons (Fsp3) is 0.316. The van der Waals surface area contributed by atoms with Crippen molar-refractivity contribution in [3.8, 4) is 11.5 Å². The molecule has 114 valence electrons. The Morgan fingerprint density at radius 2 is 1.64 bits per heavy atom. The van der Waals surface area contributed by atoms with E-state index in [2.05, 4.69) is 13.0 Å². The SMILES string of the molecule is COc1cc(OC)cc([C@H]2c3c(C)cccc3C(=O)[C@@H]2C)c1. The van der Waals surface area contributed by atoms with Gasteiger partial charge in [-0.3, -0.25) is 4.79 Å². The van der Waals surface area contributed by atoms with E-state index in [9.17, 15) is 4.79 Å². The highest BCUT2D eigenvalue weighted by molar-refractivity contribution is 6.04. The summed E-state index contributed by atoms with van der Waals surface area (Å²) in [6.07, 6.45) is 0. The summed E-state index contributed by atoms with van der Waals surface area (Å²) in [4.78, 5) is 12.6. The van der Waals surface area contributed by atoms with Crippen LogP contribution < -0.4 is 9.47 Å². The summed E-state index contributed by atoms with van der Waals surface area (Å²) < 4.78 is 10.7. The molecule has 0 heterocycles. The molecule has 0 bridgehead atoms. The zero-order chi connectivity index (χ0) is 15.9. The van der Waals surface area contributed by atoms with Gasteiger partial charge in [0.05, 0.1) is 14.2 Å².